The highest BCUT2D eigenvalue weighted by molar-refractivity contribution is 6.07. The van der Waals surface area contributed by atoms with Gasteiger partial charge in [-0.15, -0.1) is 0 Å². The third kappa shape index (κ3) is 4.89. The first-order chi connectivity index (χ1) is 9.04. The van der Waals surface area contributed by atoms with Gasteiger partial charge in [-0.25, -0.2) is 4.79 Å². The summed E-state index contributed by atoms with van der Waals surface area (Å²) in [5.74, 6) is -2.30. The zero-order valence-electron chi connectivity index (χ0n) is 10.2. The molecule has 1 atom stereocenters. The molecule has 1 rings (SSSR count). The predicted octanol–water partition coefficient (Wildman–Crippen LogP) is 0.211. The fourth-order valence-electron chi connectivity index (χ4n) is 1.50. The van der Waals surface area contributed by atoms with Crippen molar-refractivity contribution in [3.8, 4) is 0 Å². The van der Waals surface area contributed by atoms with E-state index in [0.717, 1.165) is 0 Å². The van der Waals surface area contributed by atoms with Crippen molar-refractivity contribution in [3.05, 3.63) is 35.9 Å². The summed E-state index contributed by atoms with van der Waals surface area (Å²) in [6, 6.07) is 7.09. The SMILES string of the molecule is O=C(CC(=O)c1ccccc1)N[C@@H](CCO)C(=O)O. The van der Waals surface area contributed by atoms with Gasteiger partial charge in [-0.05, 0) is 0 Å². The molecule has 0 aliphatic rings. The quantitative estimate of drug-likeness (QED) is 0.483. The van der Waals surface area contributed by atoms with Crippen LogP contribution in [-0.4, -0.2) is 40.5 Å². The Balaban J connectivity index is 2.55. The molecule has 19 heavy (non-hydrogen) atoms. The van der Waals surface area contributed by atoms with E-state index in [1.54, 1.807) is 30.3 Å². The van der Waals surface area contributed by atoms with Crippen LogP contribution in [0.4, 0.5) is 0 Å². The van der Waals surface area contributed by atoms with E-state index in [4.69, 9.17) is 10.2 Å². The third-order valence-electron chi connectivity index (χ3n) is 2.47. The maximum absolute atomic E-state index is 11.7. The van der Waals surface area contributed by atoms with Crippen molar-refractivity contribution in [3.63, 3.8) is 0 Å². The van der Waals surface area contributed by atoms with Gasteiger partial charge in [0.05, 0.1) is 6.42 Å². The highest BCUT2D eigenvalue weighted by Crippen LogP contribution is 2.03. The van der Waals surface area contributed by atoms with Gasteiger partial charge in [0.15, 0.2) is 5.78 Å². The molecule has 0 heterocycles. The molecule has 0 saturated carbocycles. The number of carbonyl (C=O) groups excluding carboxylic acids is 2. The lowest BCUT2D eigenvalue weighted by Crippen LogP contribution is -2.42. The van der Waals surface area contributed by atoms with Gasteiger partial charge in [0.1, 0.15) is 6.04 Å². The van der Waals surface area contributed by atoms with Gasteiger partial charge in [-0.2, -0.15) is 0 Å². The number of hydrogen-bond acceptors (Lipinski definition) is 4. The fourth-order valence-corrected chi connectivity index (χ4v) is 1.50. The van der Waals surface area contributed by atoms with Crippen LogP contribution in [0.2, 0.25) is 0 Å². The van der Waals surface area contributed by atoms with Gasteiger partial charge >= 0.3 is 5.97 Å². The molecule has 1 amide bonds. The van der Waals surface area contributed by atoms with E-state index in [1.807, 2.05) is 0 Å². The number of Topliss-reactive ketones (excluding diaryl/α,β-unsaturated/α-hetero) is 1. The second-order valence-electron chi connectivity index (χ2n) is 3.94. The largest absolute Gasteiger partial charge is 0.480 e. The lowest BCUT2D eigenvalue weighted by Gasteiger charge is -2.12. The average molecular weight is 265 g/mol. The Morgan fingerprint density at radius 3 is 2.32 bits per heavy atom. The summed E-state index contributed by atoms with van der Waals surface area (Å²) < 4.78 is 0. The van der Waals surface area contributed by atoms with E-state index >= 15 is 0 Å². The van der Waals surface area contributed by atoms with Gasteiger partial charge in [0, 0.05) is 18.6 Å². The summed E-state index contributed by atoms with van der Waals surface area (Å²) in [6.07, 6.45) is -0.514. The van der Waals surface area contributed by atoms with Crippen LogP contribution in [0.25, 0.3) is 0 Å². The lowest BCUT2D eigenvalue weighted by atomic mass is 10.1. The van der Waals surface area contributed by atoms with E-state index < -0.39 is 24.3 Å². The molecule has 0 radical (unpaired) electrons. The van der Waals surface area contributed by atoms with E-state index in [9.17, 15) is 14.4 Å². The van der Waals surface area contributed by atoms with Crippen LogP contribution in [0.1, 0.15) is 23.2 Å². The van der Waals surface area contributed by atoms with Crippen LogP contribution >= 0.6 is 0 Å². The van der Waals surface area contributed by atoms with Gasteiger partial charge in [-0.3, -0.25) is 9.59 Å². The summed E-state index contributed by atoms with van der Waals surface area (Å²) in [7, 11) is 0. The molecular formula is C13H15NO5. The smallest absolute Gasteiger partial charge is 0.326 e. The normalized spacial score (nSPS) is 11.6. The molecule has 6 heteroatoms. The molecule has 1 aromatic carbocycles. The average Bonchev–Trinajstić information content (AvgIpc) is 2.39. The van der Waals surface area contributed by atoms with Crippen LogP contribution in [-0.2, 0) is 9.59 Å². The molecule has 0 spiro atoms. The minimum Gasteiger partial charge on any atom is -0.480 e. The minimum atomic E-state index is -1.24. The second-order valence-corrected chi connectivity index (χ2v) is 3.94. The number of benzene rings is 1. The summed E-state index contributed by atoms with van der Waals surface area (Å²) in [6.45, 7) is -0.357. The van der Waals surface area contributed by atoms with Gasteiger partial charge in [-0.1, -0.05) is 30.3 Å². The molecule has 0 fully saturated rings. The molecule has 6 nitrogen and oxygen atoms in total. The molecule has 102 valence electrons. The number of amides is 1. The Labute approximate surface area is 110 Å². The third-order valence-corrected chi connectivity index (χ3v) is 2.47. The van der Waals surface area contributed by atoms with E-state index in [2.05, 4.69) is 5.32 Å². The van der Waals surface area contributed by atoms with Crippen molar-refractivity contribution in [2.24, 2.45) is 0 Å². The van der Waals surface area contributed by atoms with Crippen LogP contribution in [0.15, 0.2) is 30.3 Å². The second kappa shape index (κ2) is 7.27. The summed E-state index contributed by atoms with van der Waals surface area (Å²) in [4.78, 5) is 34.0. The molecule has 0 saturated heterocycles. The molecule has 3 N–H and O–H groups in total. The highest BCUT2D eigenvalue weighted by atomic mass is 16.4. The number of rotatable bonds is 7. The highest BCUT2D eigenvalue weighted by Gasteiger charge is 2.20. The zero-order chi connectivity index (χ0) is 14.3. The standard InChI is InChI=1S/C13H15NO5/c15-7-6-10(13(18)19)14-12(17)8-11(16)9-4-2-1-3-5-9/h1-5,10,15H,6-8H2,(H,14,17)(H,18,19)/t10-/m0/s1. The first-order valence-corrected chi connectivity index (χ1v) is 5.76. The van der Waals surface area contributed by atoms with Crippen LogP contribution in [0, 0.1) is 0 Å². The molecular weight excluding hydrogens is 250 g/mol. The molecule has 0 aliphatic heterocycles. The Morgan fingerprint density at radius 1 is 1.16 bits per heavy atom. The molecule has 0 aliphatic carbocycles. The monoisotopic (exact) mass is 265 g/mol. The number of aliphatic hydroxyl groups is 1. The van der Waals surface area contributed by atoms with E-state index in [-0.39, 0.29) is 18.8 Å². The van der Waals surface area contributed by atoms with Gasteiger partial charge in [0.2, 0.25) is 5.91 Å². The van der Waals surface area contributed by atoms with Crippen molar-refractivity contribution in [2.45, 2.75) is 18.9 Å². The van der Waals surface area contributed by atoms with E-state index in [1.165, 1.54) is 0 Å². The topological polar surface area (TPSA) is 104 Å². The summed E-state index contributed by atoms with van der Waals surface area (Å²) in [5, 5.41) is 19.7. The van der Waals surface area contributed by atoms with Crippen molar-refractivity contribution in [1.29, 1.82) is 0 Å². The van der Waals surface area contributed by atoms with E-state index in [0.29, 0.717) is 5.56 Å². The number of aliphatic carboxylic acids is 1. The maximum Gasteiger partial charge on any atom is 0.326 e. The first-order valence-electron chi connectivity index (χ1n) is 5.76. The first kappa shape index (κ1) is 14.8. The van der Waals surface area contributed by atoms with Crippen LogP contribution < -0.4 is 5.32 Å². The number of ketones is 1. The maximum atomic E-state index is 11.7. The molecule has 0 unspecified atom stereocenters. The van der Waals surface area contributed by atoms with Crippen LogP contribution in [0.5, 0.6) is 0 Å². The predicted molar refractivity (Wildman–Crippen MR) is 66.7 cm³/mol. The fraction of sp³-hybridized carbons (Fsp3) is 0.308. The Hall–Kier alpha value is -2.21. The van der Waals surface area contributed by atoms with Crippen molar-refractivity contribution >= 4 is 17.7 Å². The van der Waals surface area contributed by atoms with Gasteiger partial charge < -0.3 is 15.5 Å². The number of carbonyl (C=O) groups is 3. The summed E-state index contributed by atoms with van der Waals surface area (Å²) >= 11 is 0. The van der Waals surface area contributed by atoms with Gasteiger partial charge in [0.25, 0.3) is 0 Å². The number of nitrogens with one attached hydrogen (secondary N) is 1. The minimum absolute atomic E-state index is 0.0966. The zero-order valence-corrected chi connectivity index (χ0v) is 10.2. The summed E-state index contributed by atoms with van der Waals surface area (Å²) in [5.41, 5.74) is 0.395. The Kier molecular flexibility index (Phi) is 5.69. The number of hydrogen-bond donors (Lipinski definition) is 3. The number of carboxylic acid groups (broad SMARTS) is 1. The number of aliphatic hydroxyl groups excluding tert-OH is 1. The lowest BCUT2D eigenvalue weighted by molar-refractivity contribution is -0.142. The molecule has 0 bridgehead atoms. The Morgan fingerprint density at radius 2 is 1.79 bits per heavy atom. The number of carboxylic acids is 1. The van der Waals surface area contributed by atoms with Crippen molar-refractivity contribution in [2.75, 3.05) is 6.61 Å². The van der Waals surface area contributed by atoms with Crippen molar-refractivity contribution in [1.82, 2.24) is 5.32 Å². The van der Waals surface area contributed by atoms with Crippen molar-refractivity contribution < 1.29 is 24.6 Å². The Bertz CT molecular complexity index is 457. The molecule has 1 aromatic rings. The molecule has 0 aromatic heterocycles. The van der Waals surface area contributed by atoms with Crippen LogP contribution in [0.3, 0.4) is 0 Å².